The zero-order valence-corrected chi connectivity index (χ0v) is 10.1. The molecule has 1 atom stereocenters. The largest absolute Gasteiger partial charge is 0.487 e. The number of aliphatic hydroxyl groups is 1. The highest BCUT2D eigenvalue weighted by atomic mass is 19.2. The molecule has 0 aliphatic carbocycles. The average molecular weight is 262 g/mol. The fourth-order valence-corrected chi connectivity index (χ4v) is 2.36. The van der Waals surface area contributed by atoms with E-state index in [9.17, 15) is 8.78 Å². The van der Waals surface area contributed by atoms with E-state index in [1.54, 1.807) is 12.1 Å². The van der Waals surface area contributed by atoms with Gasteiger partial charge in [-0.05, 0) is 11.6 Å². The Balaban J connectivity index is 2.13. The molecule has 0 amide bonds. The summed E-state index contributed by atoms with van der Waals surface area (Å²) in [5.74, 6) is -1.23. The van der Waals surface area contributed by atoms with Crippen LogP contribution in [-0.2, 0) is 6.42 Å². The third kappa shape index (κ3) is 1.98. The lowest BCUT2D eigenvalue weighted by molar-refractivity contribution is 0.135. The van der Waals surface area contributed by atoms with E-state index < -0.39 is 11.6 Å². The van der Waals surface area contributed by atoms with Crippen LogP contribution in [0.3, 0.4) is 0 Å². The molecule has 4 heteroatoms. The lowest BCUT2D eigenvalue weighted by Gasteiger charge is -2.11. The molecule has 2 aromatic carbocycles. The lowest BCUT2D eigenvalue weighted by atomic mass is 10.00. The third-order valence-corrected chi connectivity index (χ3v) is 3.27. The number of rotatable bonds is 2. The highest BCUT2D eigenvalue weighted by Crippen LogP contribution is 2.39. The number of halogens is 2. The van der Waals surface area contributed by atoms with E-state index in [4.69, 9.17) is 9.84 Å². The number of aliphatic hydroxyl groups excluding tert-OH is 1. The summed E-state index contributed by atoms with van der Waals surface area (Å²) < 4.78 is 32.8. The summed E-state index contributed by atoms with van der Waals surface area (Å²) in [7, 11) is 0. The third-order valence-electron chi connectivity index (χ3n) is 3.27. The van der Waals surface area contributed by atoms with Gasteiger partial charge in [0.1, 0.15) is 11.9 Å². The fourth-order valence-electron chi connectivity index (χ4n) is 2.36. The van der Waals surface area contributed by atoms with E-state index in [2.05, 4.69) is 0 Å². The Kier molecular flexibility index (Phi) is 2.95. The van der Waals surface area contributed by atoms with Crippen molar-refractivity contribution in [1.82, 2.24) is 0 Å². The number of hydrogen-bond donors (Lipinski definition) is 1. The number of hydrogen-bond acceptors (Lipinski definition) is 2. The van der Waals surface area contributed by atoms with Crippen LogP contribution < -0.4 is 4.74 Å². The number of ether oxygens (including phenoxy) is 1. The number of benzene rings is 2. The van der Waals surface area contributed by atoms with E-state index in [1.165, 1.54) is 12.1 Å². The molecule has 1 heterocycles. The summed E-state index contributed by atoms with van der Waals surface area (Å²) in [4.78, 5) is 0. The van der Waals surface area contributed by atoms with Gasteiger partial charge in [-0.2, -0.15) is 0 Å². The van der Waals surface area contributed by atoms with Gasteiger partial charge in [0.25, 0.3) is 0 Å². The van der Waals surface area contributed by atoms with Gasteiger partial charge in [0.15, 0.2) is 11.6 Å². The van der Waals surface area contributed by atoms with Gasteiger partial charge < -0.3 is 9.84 Å². The second-order valence-electron chi connectivity index (χ2n) is 4.52. The van der Waals surface area contributed by atoms with E-state index in [-0.39, 0.29) is 18.3 Å². The molecule has 0 fully saturated rings. The minimum Gasteiger partial charge on any atom is -0.487 e. The van der Waals surface area contributed by atoms with Gasteiger partial charge in [0.05, 0.1) is 6.61 Å². The van der Waals surface area contributed by atoms with Crippen LogP contribution in [0.5, 0.6) is 5.75 Å². The Bertz CT molecular complexity index is 626. The summed E-state index contributed by atoms with van der Waals surface area (Å²) in [6, 6.07) is 9.40. The first-order valence-electron chi connectivity index (χ1n) is 6.04. The van der Waals surface area contributed by atoms with Crippen LogP contribution in [0.2, 0.25) is 0 Å². The Labute approximate surface area is 109 Å². The Morgan fingerprint density at radius 2 is 1.84 bits per heavy atom. The molecule has 98 valence electrons. The zero-order chi connectivity index (χ0) is 13.4. The van der Waals surface area contributed by atoms with Gasteiger partial charge in [0, 0.05) is 17.5 Å². The number of para-hydroxylation sites is 1. The minimum atomic E-state index is -0.883. The number of fused-ring (bicyclic) bond motifs is 1. The van der Waals surface area contributed by atoms with Crippen LogP contribution in [0, 0.1) is 11.6 Å². The molecule has 0 bridgehead atoms. The van der Waals surface area contributed by atoms with Crippen molar-refractivity contribution in [2.45, 2.75) is 12.5 Å². The second kappa shape index (κ2) is 4.63. The molecule has 1 aliphatic heterocycles. The maximum atomic E-state index is 13.9. The molecule has 3 rings (SSSR count). The summed E-state index contributed by atoms with van der Waals surface area (Å²) in [5.41, 5.74) is 1.60. The first-order chi connectivity index (χ1) is 9.20. The summed E-state index contributed by atoms with van der Waals surface area (Å²) in [6.45, 7) is -0.0975. The SMILES string of the molecule is OCC1Cc2cccc(-c3cccc(F)c3F)c2O1. The molecular weight excluding hydrogens is 250 g/mol. The molecular formula is C15H12F2O2. The van der Waals surface area contributed by atoms with Crippen molar-refractivity contribution in [1.29, 1.82) is 0 Å². The predicted molar refractivity (Wildman–Crippen MR) is 67.0 cm³/mol. The molecule has 0 aromatic heterocycles. The topological polar surface area (TPSA) is 29.5 Å². The minimum absolute atomic E-state index is 0.0975. The quantitative estimate of drug-likeness (QED) is 0.901. The van der Waals surface area contributed by atoms with E-state index in [0.717, 1.165) is 11.6 Å². The highest BCUT2D eigenvalue weighted by Gasteiger charge is 2.26. The molecule has 0 spiro atoms. The monoisotopic (exact) mass is 262 g/mol. The smallest absolute Gasteiger partial charge is 0.166 e. The van der Waals surface area contributed by atoms with Gasteiger partial charge in [0.2, 0.25) is 0 Å². The maximum absolute atomic E-state index is 13.9. The molecule has 1 N–H and O–H groups in total. The Hall–Kier alpha value is -1.94. The lowest BCUT2D eigenvalue weighted by Crippen LogP contribution is -2.17. The maximum Gasteiger partial charge on any atom is 0.166 e. The van der Waals surface area contributed by atoms with Gasteiger partial charge in [-0.1, -0.05) is 30.3 Å². The standard InChI is InChI=1S/C15H12F2O2/c16-13-6-2-4-11(14(13)17)12-5-1-3-9-7-10(8-18)19-15(9)12/h1-6,10,18H,7-8H2. The van der Waals surface area contributed by atoms with E-state index in [1.807, 2.05) is 6.07 Å². The van der Waals surface area contributed by atoms with Crippen LogP contribution in [0.1, 0.15) is 5.56 Å². The molecule has 0 radical (unpaired) electrons. The Morgan fingerprint density at radius 1 is 1.11 bits per heavy atom. The van der Waals surface area contributed by atoms with Crippen molar-refractivity contribution >= 4 is 0 Å². The van der Waals surface area contributed by atoms with Crippen LogP contribution in [0.15, 0.2) is 36.4 Å². The highest BCUT2D eigenvalue weighted by molar-refractivity contribution is 5.73. The second-order valence-corrected chi connectivity index (χ2v) is 4.52. The average Bonchev–Trinajstić information content (AvgIpc) is 2.85. The molecule has 0 saturated heterocycles. The zero-order valence-electron chi connectivity index (χ0n) is 10.1. The van der Waals surface area contributed by atoms with Crippen molar-refractivity contribution in [3.8, 4) is 16.9 Å². The predicted octanol–water partition coefficient (Wildman–Crippen LogP) is 2.93. The van der Waals surface area contributed by atoms with Gasteiger partial charge in [-0.15, -0.1) is 0 Å². The summed E-state index contributed by atoms with van der Waals surface area (Å²) >= 11 is 0. The molecule has 1 aliphatic rings. The molecule has 2 aromatic rings. The van der Waals surface area contributed by atoms with Crippen LogP contribution in [-0.4, -0.2) is 17.8 Å². The van der Waals surface area contributed by atoms with Crippen molar-refractivity contribution in [2.24, 2.45) is 0 Å². The van der Waals surface area contributed by atoms with Crippen molar-refractivity contribution in [2.75, 3.05) is 6.61 Å². The van der Waals surface area contributed by atoms with Gasteiger partial charge >= 0.3 is 0 Å². The van der Waals surface area contributed by atoms with Crippen LogP contribution >= 0.6 is 0 Å². The first-order valence-corrected chi connectivity index (χ1v) is 6.04. The molecule has 0 saturated carbocycles. The van der Waals surface area contributed by atoms with Crippen molar-refractivity contribution < 1.29 is 18.6 Å². The van der Waals surface area contributed by atoms with Crippen LogP contribution in [0.4, 0.5) is 8.78 Å². The van der Waals surface area contributed by atoms with E-state index in [0.29, 0.717) is 17.7 Å². The normalized spacial score (nSPS) is 17.1. The summed E-state index contributed by atoms with van der Waals surface area (Å²) in [5, 5.41) is 9.14. The fraction of sp³-hybridized carbons (Fsp3) is 0.200. The van der Waals surface area contributed by atoms with Crippen molar-refractivity contribution in [3.05, 3.63) is 53.6 Å². The summed E-state index contributed by atoms with van der Waals surface area (Å²) in [6.07, 6.45) is 0.268. The Morgan fingerprint density at radius 3 is 2.63 bits per heavy atom. The molecule has 1 unspecified atom stereocenters. The molecule has 2 nitrogen and oxygen atoms in total. The van der Waals surface area contributed by atoms with Gasteiger partial charge in [-0.25, -0.2) is 8.78 Å². The van der Waals surface area contributed by atoms with Crippen molar-refractivity contribution in [3.63, 3.8) is 0 Å². The van der Waals surface area contributed by atoms with E-state index >= 15 is 0 Å². The van der Waals surface area contributed by atoms with Crippen LogP contribution in [0.25, 0.3) is 11.1 Å². The first kappa shape index (κ1) is 12.1. The van der Waals surface area contributed by atoms with Gasteiger partial charge in [-0.3, -0.25) is 0 Å². The molecule has 19 heavy (non-hydrogen) atoms.